The van der Waals surface area contributed by atoms with Crippen LogP contribution in [-0.4, -0.2) is 29.3 Å². The van der Waals surface area contributed by atoms with Crippen LogP contribution < -0.4 is 10.6 Å². The van der Waals surface area contributed by atoms with E-state index in [0.717, 1.165) is 19.0 Å². The molecule has 0 aliphatic heterocycles. The van der Waals surface area contributed by atoms with Crippen LogP contribution in [0.15, 0.2) is 41.7 Å². The van der Waals surface area contributed by atoms with Crippen molar-refractivity contribution >= 4 is 5.96 Å². The lowest BCUT2D eigenvalue weighted by Crippen LogP contribution is -2.40. The number of hydrogen-bond acceptors (Lipinski definition) is 2. The third-order valence-corrected chi connectivity index (χ3v) is 3.63. The van der Waals surface area contributed by atoms with Crippen molar-refractivity contribution < 1.29 is 0 Å². The van der Waals surface area contributed by atoms with Crippen molar-refractivity contribution in [3.05, 3.63) is 53.3 Å². The van der Waals surface area contributed by atoms with Crippen molar-refractivity contribution in [1.82, 2.24) is 20.4 Å². The molecule has 0 saturated heterocycles. The average Bonchev–Trinajstić information content (AvgIpc) is 2.92. The van der Waals surface area contributed by atoms with Gasteiger partial charge in [-0.3, -0.25) is 9.67 Å². The zero-order chi connectivity index (χ0) is 15.9. The molecule has 118 valence electrons. The standard InChI is InChI=1S/C17H25N5/c1-13-11-20-22(12-13)10-9-19-17(18-4)21-15(3)16-8-6-5-7-14(16)2/h5-8,11-12,15H,9-10H2,1-4H3,(H2,18,19,21). The molecule has 0 aliphatic carbocycles. The number of rotatable bonds is 5. The lowest BCUT2D eigenvalue weighted by molar-refractivity contribution is 0.591. The third kappa shape index (κ3) is 4.35. The van der Waals surface area contributed by atoms with Gasteiger partial charge in [0.2, 0.25) is 0 Å². The van der Waals surface area contributed by atoms with Gasteiger partial charge in [-0.1, -0.05) is 24.3 Å². The molecule has 0 bridgehead atoms. The summed E-state index contributed by atoms with van der Waals surface area (Å²) in [7, 11) is 1.79. The Hall–Kier alpha value is -2.30. The van der Waals surface area contributed by atoms with Crippen LogP contribution in [0.2, 0.25) is 0 Å². The van der Waals surface area contributed by atoms with E-state index in [4.69, 9.17) is 0 Å². The average molecular weight is 299 g/mol. The summed E-state index contributed by atoms with van der Waals surface area (Å²) in [4.78, 5) is 4.28. The highest BCUT2D eigenvalue weighted by atomic mass is 15.3. The molecule has 1 aromatic carbocycles. The number of hydrogen-bond donors (Lipinski definition) is 2. The maximum absolute atomic E-state index is 4.28. The Kier molecular flexibility index (Phi) is 5.58. The molecule has 0 fully saturated rings. The summed E-state index contributed by atoms with van der Waals surface area (Å²) in [5, 5.41) is 11.0. The molecule has 2 N–H and O–H groups in total. The Labute approximate surface area is 132 Å². The number of nitrogens with zero attached hydrogens (tertiary/aromatic N) is 3. The SMILES string of the molecule is CN=C(NCCn1cc(C)cn1)NC(C)c1ccccc1C. The van der Waals surface area contributed by atoms with Gasteiger partial charge in [0, 0.05) is 19.8 Å². The van der Waals surface area contributed by atoms with E-state index in [1.54, 1.807) is 7.05 Å². The van der Waals surface area contributed by atoms with Crippen molar-refractivity contribution in [1.29, 1.82) is 0 Å². The topological polar surface area (TPSA) is 54.2 Å². The first-order valence-electron chi connectivity index (χ1n) is 7.62. The molecule has 0 saturated carbocycles. The molecule has 0 amide bonds. The van der Waals surface area contributed by atoms with Crippen LogP contribution >= 0.6 is 0 Å². The van der Waals surface area contributed by atoms with Gasteiger partial charge in [0.1, 0.15) is 0 Å². The lowest BCUT2D eigenvalue weighted by Gasteiger charge is -2.19. The van der Waals surface area contributed by atoms with Crippen molar-refractivity contribution in [2.75, 3.05) is 13.6 Å². The molecule has 1 heterocycles. The summed E-state index contributed by atoms with van der Waals surface area (Å²) >= 11 is 0. The van der Waals surface area contributed by atoms with E-state index in [-0.39, 0.29) is 6.04 Å². The predicted molar refractivity (Wildman–Crippen MR) is 91.1 cm³/mol. The quantitative estimate of drug-likeness (QED) is 0.658. The van der Waals surface area contributed by atoms with E-state index in [1.807, 2.05) is 24.0 Å². The van der Waals surface area contributed by atoms with E-state index in [2.05, 4.69) is 58.8 Å². The molecule has 2 aromatic rings. The minimum Gasteiger partial charge on any atom is -0.355 e. The second-order valence-corrected chi connectivity index (χ2v) is 5.50. The largest absolute Gasteiger partial charge is 0.355 e. The Morgan fingerprint density at radius 3 is 2.73 bits per heavy atom. The Bertz CT molecular complexity index is 629. The summed E-state index contributed by atoms with van der Waals surface area (Å²) in [6.07, 6.45) is 3.90. The second-order valence-electron chi connectivity index (χ2n) is 5.50. The fourth-order valence-electron chi connectivity index (χ4n) is 2.43. The van der Waals surface area contributed by atoms with Crippen LogP contribution in [0.1, 0.15) is 29.7 Å². The van der Waals surface area contributed by atoms with Crippen LogP contribution in [-0.2, 0) is 6.54 Å². The van der Waals surface area contributed by atoms with Crippen LogP contribution in [0.25, 0.3) is 0 Å². The molecule has 0 radical (unpaired) electrons. The Morgan fingerprint density at radius 1 is 1.32 bits per heavy atom. The number of nitrogens with one attached hydrogen (secondary N) is 2. The summed E-state index contributed by atoms with van der Waals surface area (Å²) in [6.45, 7) is 7.91. The minimum atomic E-state index is 0.208. The highest BCUT2D eigenvalue weighted by Gasteiger charge is 2.09. The third-order valence-electron chi connectivity index (χ3n) is 3.63. The van der Waals surface area contributed by atoms with Crippen molar-refractivity contribution in [2.45, 2.75) is 33.4 Å². The van der Waals surface area contributed by atoms with Gasteiger partial charge in [-0.15, -0.1) is 0 Å². The first kappa shape index (κ1) is 16.1. The molecule has 0 spiro atoms. The van der Waals surface area contributed by atoms with Gasteiger partial charge in [-0.2, -0.15) is 5.10 Å². The molecule has 1 aromatic heterocycles. The first-order valence-corrected chi connectivity index (χ1v) is 7.62. The smallest absolute Gasteiger partial charge is 0.191 e. The van der Waals surface area contributed by atoms with E-state index in [9.17, 15) is 0 Å². The molecular formula is C17H25N5. The Morgan fingerprint density at radius 2 is 2.09 bits per heavy atom. The summed E-state index contributed by atoms with van der Waals surface area (Å²) in [5.41, 5.74) is 3.74. The highest BCUT2D eigenvalue weighted by molar-refractivity contribution is 5.80. The summed E-state index contributed by atoms with van der Waals surface area (Å²) < 4.78 is 1.93. The number of aromatic nitrogens is 2. The predicted octanol–water partition coefficient (Wildman–Crippen LogP) is 2.43. The van der Waals surface area contributed by atoms with Gasteiger partial charge in [-0.25, -0.2) is 0 Å². The van der Waals surface area contributed by atoms with Gasteiger partial charge in [-0.05, 0) is 37.5 Å². The van der Waals surface area contributed by atoms with Gasteiger partial charge in [0.05, 0.1) is 18.8 Å². The maximum Gasteiger partial charge on any atom is 0.191 e. The molecule has 2 rings (SSSR count). The van der Waals surface area contributed by atoms with Gasteiger partial charge in [0.15, 0.2) is 5.96 Å². The van der Waals surface area contributed by atoms with E-state index < -0.39 is 0 Å². The van der Waals surface area contributed by atoms with Gasteiger partial charge >= 0.3 is 0 Å². The molecule has 1 atom stereocenters. The lowest BCUT2D eigenvalue weighted by atomic mass is 10.0. The molecular weight excluding hydrogens is 274 g/mol. The monoisotopic (exact) mass is 299 g/mol. The van der Waals surface area contributed by atoms with Crippen molar-refractivity contribution in [3.8, 4) is 0 Å². The first-order chi connectivity index (χ1) is 10.6. The zero-order valence-electron chi connectivity index (χ0n) is 13.8. The second kappa shape index (κ2) is 7.64. The van der Waals surface area contributed by atoms with Crippen molar-refractivity contribution in [3.63, 3.8) is 0 Å². The Balaban J connectivity index is 1.86. The van der Waals surface area contributed by atoms with Crippen molar-refractivity contribution in [2.24, 2.45) is 4.99 Å². The van der Waals surface area contributed by atoms with Gasteiger partial charge < -0.3 is 10.6 Å². The van der Waals surface area contributed by atoms with Crippen LogP contribution in [0.5, 0.6) is 0 Å². The zero-order valence-corrected chi connectivity index (χ0v) is 13.8. The fraction of sp³-hybridized carbons (Fsp3) is 0.412. The molecule has 5 nitrogen and oxygen atoms in total. The van der Waals surface area contributed by atoms with Crippen LogP contribution in [0.3, 0.4) is 0 Å². The minimum absolute atomic E-state index is 0.208. The summed E-state index contributed by atoms with van der Waals surface area (Å²) in [5.74, 6) is 0.805. The van der Waals surface area contributed by atoms with Crippen LogP contribution in [0.4, 0.5) is 0 Å². The molecule has 22 heavy (non-hydrogen) atoms. The molecule has 5 heteroatoms. The highest BCUT2D eigenvalue weighted by Crippen LogP contribution is 2.16. The number of aryl methyl sites for hydroxylation is 2. The summed E-state index contributed by atoms with van der Waals surface area (Å²) in [6, 6.07) is 8.61. The molecule has 1 unspecified atom stereocenters. The number of benzene rings is 1. The van der Waals surface area contributed by atoms with Gasteiger partial charge in [0.25, 0.3) is 0 Å². The van der Waals surface area contributed by atoms with E-state index >= 15 is 0 Å². The fourth-order valence-corrected chi connectivity index (χ4v) is 2.43. The van der Waals surface area contributed by atoms with E-state index in [0.29, 0.717) is 0 Å². The van der Waals surface area contributed by atoms with E-state index in [1.165, 1.54) is 16.7 Å². The normalized spacial score (nSPS) is 13.0. The molecule has 0 aliphatic rings. The maximum atomic E-state index is 4.28. The number of aliphatic imine (C=N–C) groups is 1. The number of guanidine groups is 1. The van der Waals surface area contributed by atoms with Crippen LogP contribution in [0, 0.1) is 13.8 Å².